The molecule has 4 heteroatoms. The maximum absolute atomic E-state index is 1.89. The van der Waals surface area contributed by atoms with Crippen LogP contribution in [-0.2, 0) is 23.7 Å². The van der Waals surface area contributed by atoms with Crippen molar-refractivity contribution in [1.29, 1.82) is 0 Å². The molecule has 0 aromatic carbocycles. The van der Waals surface area contributed by atoms with E-state index < -0.39 is 0 Å². The van der Waals surface area contributed by atoms with Gasteiger partial charge in [0.25, 0.3) is 0 Å². The van der Waals surface area contributed by atoms with E-state index in [-0.39, 0.29) is 11.0 Å². The van der Waals surface area contributed by atoms with Crippen LogP contribution in [0.25, 0.3) is 0 Å². The third kappa shape index (κ3) is 8.97. The zero-order chi connectivity index (χ0) is 2.00. The minimum Gasteiger partial charge on any atom is -2.00 e. The van der Waals surface area contributed by atoms with Crippen molar-refractivity contribution in [3.63, 3.8) is 0 Å². The molecule has 0 rings (SSSR count). The fourth-order valence-corrected chi connectivity index (χ4v) is 0. The summed E-state index contributed by atoms with van der Waals surface area (Å²) in [5, 5.41) is 0. The number of hydrogen-bond donors (Lipinski definition) is 0. The Hall–Kier alpha value is 2.04. The molecule has 0 unspecified atom stereocenters. The zero-order valence-electron chi connectivity index (χ0n) is 1.76. The van der Waals surface area contributed by atoms with Crippen molar-refractivity contribution in [2.24, 2.45) is 0 Å². The van der Waals surface area contributed by atoms with Crippen LogP contribution in [0.5, 0.6) is 0 Å². The zero-order valence-corrected chi connectivity index (χ0v) is 7.10. The average Bonchev–Trinajstić information content (AvgIpc) is 1.00. The van der Waals surface area contributed by atoms with Crippen LogP contribution in [0.1, 0.15) is 0 Å². The van der Waals surface area contributed by atoms with Crippen molar-refractivity contribution in [3.8, 4) is 0 Å². The molecule has 0 spiro atoms. The second-order valence-electron chi connectivity index (χ2n) is 0. The second kappa shape index (κ2) is 19.8. The number of rotatable bonds is 0. The van der Waals surface area contributed by atoms with Crippen molar-refractivity contribution in [2.75, 3.05) is 0 Å². The normalized spacial score (nSPS) is 1.25. The quantitative estimate of drug-likeness (QED) is 0.543. The van der Waals surface area contributed by atoms with Gasteiger partial charge in [-0.25, -0.2) is 0 Å². The van der Waals surface area contributed by atoms with Crippen molar-refractivity contribution in [2.45, 2.75) is 0 Å². The molecule has 21 valence electrons. The fourth-order valence-electron chi connectivity index (χ4n) is 0. The molecular weight excluding hydrogens is 265 g/mol. The Bertz CT molecular complexity index is 6.00. The van der Waals surface area contributed by atoms with Crippen LogP contribution in [0.15, 0.2) is 0 Å². The van der Waals surface area contributed by atoms with Crippen LogP contribution < -0.4 is 0 Å². The van der Waals surface area contributed by atoms with Crippen LogP contribution in [0.3, 0.4) is 0 Å². The van der Waals surface area contributed by atoms with E-state index in [2.05, 4.69) is 0 Å². The molecule has 0 radical (unpaired) electrons. The van der Waals surface area contributed by atoms with E-state index in [0.717, 1.165) is 0 Å². The Morgan fingerprint density at radius 1 is 1.00 bits per heavy atom. The first-order valence-electron chi connectivity index (χ1n) is 0.224. The Morgan fingerprint density at radius 3 is 1.00 bits per heavy atom. The Morgan fingerprint density at radius 2 is 1.00 bits per heavy atom. The molecular formula is CeNbO2. The molecule has 0 bridgehead atoms. The number of hydrogen-bond acceptors (Lipinski definition) is 0. The third-order valence-corrected chi connectivity index (χ3v) is 0. The molecule has 0 aromatic heterocycles. The van der Waals surface area contributed by atoms with Crippen LogP contribution in [0, 0.1) is 34.7 Å². The predicted molar refractivity (Wildman–Crippen MR) is 1.37 cm³/mol. The Balaban J connectivity index is -0.00000000500. The fraction of sp³-hybridized carbons (Fsp3) is 0. The summed E-state index contributed by atoms with van der Waals surface area (Å²) in [6.45, 7) is 0. The first kappa shape index (κ1) is 16.6. The van der Waals surface area contributed by atoms with Gasteiger partial charge in [-0.2, -0.15) is 0 Å². The van der Waals surface area contributed by atoms with Gasteiger partial charge in [-0.1, -0.05) is 0 Å². The van der Waals surface area contributed by atoms with Gasteiger partial charge in [0.2, 0.25) is 0 Å². The molecule has 4 heavy (non-hydrogen) atoms. The van der Waals surface area contributed by atoms with Crippen LogP contribution >= 0.6 is 0 Å². The molecule has 0 heterocycles. The second-order valence-corrected chi connectivity index (χ2v) is 0. The van der Waals surface area contributed by atoms with Gasteiger partial charge in [-0.15, -0.1) is 0 Å². The Labute approximate surface area is 57.1 Å². The summed E-state index contributed by atoms with van der Waals surface area (Å²) in [6.07, 6.45) is 0. The van der Waals surface area contributed by atoms with Gasteiger partial charge in [-0.3, -0.25) is 0 Å². The summed E-state index contributed by atoms with van der Waals surface area (Å²) in [4.78, 5) is 0. The maximum atomic E-state index is 1.89. The van der Waals surface area contributed by atoms with Crippen molar-refractivity contribution < 1.29 is 58.4 Å². The van der Waals surface area contributed by atoms with E-state index in [1.165, 1.54) is 34.7 Å². The standard InChI is InChI=1S/Ce.Nb.2O/q;+4;2*-2. The van der Waals surface area contributed by atoms with Gasteiger partial charge in [0.15, 0.2) is 0 Å². The van der Waals surface area contributed by atoms with Crippen molar-refractivity contribution >= 4 is 0 Å². The predicted octanol–water partition coefficient (Wildman–Crippen LogP) is -0.240. The first-order valence-corrected chi connectivity index (χ1v) is 9.63. The molecule has 0 saturated heterocycles. The average molecular weight is 265 g/mol. The molecule has 0 aliphatic carbocycles. The monoisotopic (exact) mass is 265 g/mol. The van der Waals surface area contributed by atoms with E-state index >= 15 is 0 Å². The van der Waals surface area contributed by atoms with E-state index in [4.69, 9.17) is 0 Å². The van der Waals surface area contributed by atoms with Gasteiger partial charge in [0.05, 0.1) is 0 Å². The van der Waals surface area contributed by atoms with Crippen LogP contribution in [0.2, 0.25) is 0 Å². The van der Waals surface area contributed by atoms with Gasteiger partial charge in [0.1, 0.15) is 0 Å². The van der Waals surface area contributed by atoms with Gasteiger partial charge < -0.3 is 11.0 Å². The molecule has 0 aliphatic rings. The molecule has 0 fully saturated rings. The molecule has 0 aromatic rings. The van der Waals surface area contributed by atoms with Crippen molar-refractivity contribution in [3.05, 3.63) is 0 Å². The molecule has 2 nitrogen and oxygen atoms in total. The van der Waals surface area contributed by atoms with Gasteiger partial charge in [0, 0.05) is 0 Å². The topological polar surface area (TPSA) is 57.0 Å². The molecule has 0 amide bonds. The summed E-state index contributed by atoms with van der Waals surface area (Å²) in [6, 6.07) is 0. The van der Waals surface area contributed by atoms with Gasteiger partial charge >= 0.3 is 47.4 Å². The van der Waals surface area contributed by atoms with Crippen LogP contribution in [0.4, 0.5) is 0 Å². The molecule has 0 N–H and O–H groups in total. The minimum atomic E-state index is 0. The van der Waals surface area contributed by atoms with E-state index in [1.54, 1.807) is 0 Å². The van der Waals surface area contributed by atoms with Gasteiger partial charge in [-0.05, 0) is 0 Å². The van der Waals surface area contributed by atoms with E-state index in [0.29, 0.717) is 0 Å². The maximum Gasteiger partial charge on any atom is -2.00 e. The summed E-state index contributed by atoms with van der Waals surface area (Å²) < 4.78 is 0. The summed E-state index contributed by atoms with van der Waals surface area (Å²) in [7, 11) is 0. The summed E-state index contributed by atoms with van der Waals surface area (Å²) >= 11 is 3.24. The molecule has 0 saturated carbocycles. The first-order chi connectivity index (χ1) is 1.00. The van der Waals surface area contributed by atoms with Crippen LogP contribution in [-0.4, -0.2) is 0 Å². The SMILES string of the molecule is [Nb+4][Ce].[O-2].[O-2]. The minimum absolute atomic E-state index is 0. The smallest absolute Gasteiger partial charge is 2.00 e. The summed E-state index contributed by atoms with van der Waals surface area (Å²) in [5.41, 5.74) is 0. The Kier molecular flexibility index (Phi) is 82.1. The molecule has 0 atom stereocenters. The van der Waals surface area contributed by atoms with E-state index in [9.17, 15) is 0 Å². The van der Waals surface area contributed by atoms with Crippen molar-refractivity contribution in [1.82, 2.24) is 0 Å². The third-order valence-electron chi connectivity index (χ3n) is 0. The molecule has 0 aliphatic heterocycles. The summed E-state index contributed by atoms with van der Waals surface area (Å²) in [5.74, 6) is 0. The largest absolute Gasteiger partial charge is 2.00 e. The van der Waals surface area contributed by atoms with E-state index in [1.807, 2.05) is 12.7 Å².